The van der Waals surface area contributed by atoms with Crippen LogP contribution in [0.25, 0.3) is 10.9 Å². The molecule has 0 atom stereocenters. The van der Waals surface area contributed by atoms with Gasteiger partial charge in [0, 0.05) is 16.6 Å². The molecule has 0 unspecified atom stereocenters. The Kier molecular flexibility index (Phi) is 11.6. The molecule has 3 heteroatoms. The number of hydrogen-bond acceptors (Lipinski definition) is 2. The van der Waals surface area contributed by atoms with Gasteiger partial charge >= 0.3 is 5.97 Å². The molecule has 0 spiro atoms. The zero-order valence-electron chi connectivity index (χ0n) is 18.7. The normalized spacial score (nSPS) is 11.2. The average molecular weight is 400 g/mol. The molecule has 0 aliphatic rings. The van der Waals surface area contributed by atoms with Crippen LogP contribution in [0.2, 0.25) is 0 Å². The Morgan fingerprint density at radius 2 is 1.38 bits per heavy atom. The molecule has 1 heterocycles. The van der Waals surface area contributed by atoms with Crippen molar-refractivity contribution in [3.8, 4) is 0 Å². The summed E-state index contributed by atoms with van der Waals surface area (Å²) in [6.07, 6.45) is 19.1. The van der Waals surface area contributed by atoms with E-state index in [1.54, 1.807) is 0 Å². The smallest absolute Gasteiger partial charge is 0.338 e. The third kappa shape index (κ3) is 9.06. The number of H-pyrrole nitrogens is 1. The van der Waals surface area contributed by atoms with Gasteiger partial charge in [0.25, 0.3) is 0 Å². The lowest BCUT2D eigenvalue weighted by Crippen LogP contribution is -2.03. The van der Waals surface area contributed by atoms with Crippen molar-refractivity contribution in [1.82, 2.24) is 4.98 Å². The monoisotopic (exact) mass is 399 g/mol. The number of fused-ring (bicyclic) bond motifs is 1. The number of nitrogens with one attached hydrogen (secondary N) is 1. The van der Waals surface area contributed by atoms with Gasteiger partial charge in [-0.3, -0.25) is 0 Å². The first kappa shape index (κ1) is 23.5. The number of carbonyl (C=O) groups is 1. The number of carbonyl (C=O) groups excluding carboxylic acids is 1. The first-order valence-electron chi connectivity index (χ1n) is 12.0. The van der Waals surface area contributed by atoms with Gasteiger partial charge in [0.05, 0.1) is 12.2 Å². The SMILES string of the molecule is CCCCCCCCCCCCCCCc1cc2cc(C(=O)OCC)ccc2[nH]1. The molecule has 0 saturated heterocycles. The van der Waals surface area contributed by atoms with Gasteiger partial charge in [-0.25, -0.2) is 4.79 Å². The van der Waals surface area contributed by atoms with Crippen molar-refractivity contribution in [3.05, 3.63) is 35.5 Å². The maximum Gasteiger partial charge on any atom is 0.338 e. The number of ether oxygens (including phenoxy) is 1. The Balaban J connectivity index is 1.54. The van der Waals surface area contributed by atoms with Crippen LogP contribution in [0.5, 0.6) is 0 Å². The van der Waals surface area contributed by atoms with Crippen molar-refractivity contribution < 1.29 is 9.53 Å². The molecule has 1 aromatic carbocycles. The average Bonchev–Trinajstić information content (AvgIpc) is 3.13. The topological polar surface area (TPSA) is 42.1 Å². The van der Waals surface area contributed by atoms with Gasteiger partial charge in [0.1, 0.15) is 0 Å². The summed E-state index contributed by atoms with van der Waals surface area (Å²) >= 11 is 0. The van der Waals surface area contributed by atoms with E-state index < -0.39 is 0 Å². The predicted molar refractivity (Wildman–Crippen MR) is 124 cm³/mol. The van der Waals surface area contributed by atoms with Crippen LogP contribution >= 0.6 is 0 Å². The Labute approximate surface area is 177 Å². The Morgan fingerprint density at radius 1 is 0.793 bits per heavy atom. The van der Waals surface area contributed by atoms with E-state index in [-0.39, 0.29) is 5.97 Å². The lowest BCUT2D eigenvalue weighted by molar-refractivity contribution is 0.0526. The summed E-state index contributed by atoms with van der Waals surface area (Å²) in [6, 6.07) is 7.93. The van der Waals surface area contributed by atoms with E-state index >= 15 is 0 Å². The number of aryl methyl sites for hydroxylation is 1. The van der Waals surface area contributed by atoms with Crippen LogP contribution in [0.1, 0.15) is 113 Å². The highest BCUT2D eigenvalue weighted by Crippen LogP contribution is 2.20. The zero-order valence-corrected chi connectivity index (χ0v) is 18.7. The highest BCUT2D eigenvalue weighted by molar-refractivity contribution is 5.94. The van der Waals surface area contributed by atoms with Crippen LogP contribution in [0, 0.1) is 0 Å². The van der Waals surface area contributed by atoms with E-state index in [4.69, 9.17) is 4.74 Å². The van der Waals surface area contributed by atoms with Crippen molar-refractivity contribution in [2.75, 3.05) is 6.61 Å². The fraction of sp³-hybridized carbons (Fsp3) is 0.654. The van der Waals surface area contributed by atoms with E-state index in [0.717, 1.165) is 17.3 Å². The molecule has 0 bridgehead atoms. The van der Waals surface area contributed by atoms with E-state index in [1.807, 2.05) is 25.1 Å². The fourth-order valence-electron chi connectivity index (χ4n) is 4.00. The van der Waals surface area contributed by atoms with Gasteiger partial charge < -0.3 is 9.72 Å². The zero-order chi connectivity index (χ0) is 20.7. The number of aromatic amines is 1. The molecule has 2 rings (SSSR count). The van der Waals surface area contributed by atoms with Gasteiger partial charge in [0.15, 0.2) is 0 Å². The molecule has 1 aromatic heterocycles. The summed E-state index contributed by atoms with van der Waals surface area (Å²) in [7, 11) is 0. The number of rotatable bonds is 16. The molecule has 1 N–H and O–H groups in total. The first-order chi connectivity index (χ1) is 14.2. The van der Waals surface area contributed by atoms with Gasteiger partial charge in [0.2, 0.25) is 0 Å². The van der Waals surface area contributed by atoms with E-state index in [1.165, 1.54) is 89.2 Å². The number of aromatic nitrogens is 1. The summed E-state index contributed by atoms with van der Waals surface area (Å²) in [5, 5.41) is 1.10. The van der Waals surface area contributed by atoms with Crippen molar-refractivity contribution in [3.63, 3.8) is 0 Å². The molecular formula is C26H41NO2. The second-order valence-electron chi connectivity index (χ2n) is 8.31. The van der Waals surface area contributed by atoms with Crippen LogP contribution in [0.3, 0.4) is 0 Å². The molecule has 0 saturated carbocycles. The van der Waals surface area contributed by atoms with Crippen LogP contribution < -0.4 is 0 Å². The minimum atomic E-state index is -0.242. The molecule has 0 aliphatic heterocycles. The third-order valence-electron chi connectivity index (χ3n) is 5.74. The highest BCUT2D eigenvalue weighted by atomic mass is 16.5. The van der Waals surface area contributed by atoms with Gasteiger partial charge in [-0.1, -0.05) is 84.0 Å². The molecule has 2 aromatic rings. The van der Waals surface area contributed by atoms with Gasteiger partial charge in [-0.15, -0.1) is 0 Å². The summed E-state index contributed by atoms with van der Waals surface area (Å²) in [6.45, 7) is 4.53. The number of unbranched alkanes of at least 4 members (excludes halogenated alkanes) is 12. The molecule has 0 aliphatic carbocycles. The summed E-state index contributed by atoms with van der Waals surface area (Å²) in [5.41, 5.74) is 3.00. The number of benzene rings is 1. The Bertz CT molecular complexity index is 704. The maximum atomic E-state index is 11.9. The highest BCUT2D eigenvalue weighted by Gasteiger charge is 2.08. The minimum Gasteiger partial charge on any atom is -0.462 e. The minimum absolute atomic E-state index is 0.242. The summed E-state index contributed by atoms with van der Waals surface area (Å²) in [4.78, 5) is 15.4. The van der Waals surface area contributed by atoms with E-state index in [9.17, 15) is 4.79 Å². The Morgan fingerprint density at radius 3 is 1.97 bits per heavy atom. The lowest BCUT2D eigenvalue weighted by Gasteiger charge is -2.03. The quantitative estimate of drug-likeness (QED) is 0.230. The molecule has 0 fully saturated rings. The lowest BCUT2D eigenvalue weighted by atomic mass is 10.0. The summed E-state index contributed by atoms with van der Waals surface area (Å²) in [5.74, 6) is -0.242. The van der Waals surface area contributed by atoms with Crippen molar-refractivity contribution in [2.24, 2.45) is 0 Å². The molecule has 162 valence electrons. The van der Waals surface area contributed by atoms with Crippen molar-refractivity contribution >= 4 is 16.9 Å². The molecular weight excluding hydrogens is 358 g/mol. The third-order valence-corrected chi connectivity index (χ3v) is 5.74. The van der Waals surface area contributed by atoms with Crippen LogP contribution in [0.4, 0.5) is 0 Å². The van der Waals surface area contributed by atoms with Crippen molar-refractivity contribution in [2.45, 2.75) is 104 Å². The Hall–Kier alpha value is -1.77. The van der Waals surface area contributed by atoms with E-state index in [0.29, 0.717) is 12.2 Å². The van der Waals surface area contributed by atoms with Crippen LogP contribution in [-0.2, 0) is 11.2 Å². The number of esters is 1. The van der Waals surface area contributed by atoms with Crippen LogP contribution in [-0.4, -0.2) is 17.6 Å². The fourth-order valence-corrected chi connectivity index (χ4v) is 4.00. The molecule has 0 amide bonds. The molecule has 3 nitrogen and oxygen atoms in total. The predicted octanol–water partition coefficient (Wildman–Crippen LogP) is 7.98. The standard InChI is InChI=1S/C26H41NO2/c1-3-5-6-7-8-9-10-11-12-13-14-15-16-17-24-21-23-20-22(26(28)29-4-2)18-19-25(23)27-24/h18-21,27H,3-17H2,1-2H3. The van der Waals surface area contributed by atoms with Crippen LogP contribution in [0.15, 0.2) is 24.3 Å². The largest absolute Gasteiger partial charge is 0.462 e. The number of hydrogen-bond donors (Lipinski definition) is 1. The van der Waals surface area contributed by atoms with Gasteiger partial charge in [-0.2, -0.15) is 0 Å². The molecule has 29 heavy (non-hydrogen) atoms. The maximum absolute atomic E-state index is 11.9. The second kappa shape index (κ2) is 14.3. The summed E-state index contributed by atoms with van der Waals surface area (Å²) < 4.78 is 5.09. The van der Waals surface area contributed by atoms with Gasteiger partial charge in [-0.05, 0) is 44.0 Å². The van der Waals surface area contributed by atoms with E-state index in [2.05, 4.69) is 18.0 Å². The molecule has 0 radical (unpaired) electrons. The van der Waals surface area contributed by atoms with Crippen molar-refractivity contribution in [1.29, 1.82) is 0 Å². The second-order valence-corrected chi connectivity index (χ2v) is 8.31. The first-order valence-corrected chi connectivity index (χ1v) is 12.0.